The number of hydrogen-bond acceptors (Lipinski definition) is 2. The van der Waals surface area contributed by atoms with Gasteiger partial charge in [-0.2, -0.15) is 0 Å². The summed E-state index contributed by atoms with van der Waals surface area (Å²) in [6.07, 6.45) is 8.15. The second-order valence-electron chi connectivity index (χ2n) is 5.96. The fraction of sp³-hybridized carbons (Fsp3) is 0.500. The molecular weight excluding hydrogens is 278 g/mol. The molecular formula is C18H23NOS. The first-order valence-electron chi connectivity index (χ1n) is 8.11. The van der Waals surface area contributed by atoms with E-state index in [2.05, 4.69) is 36.5 Å². The molecule has 0 bridgehead atoms. The molecule has 1 aromatic heterocycles. The molecule has 3 rings (SSSR count). The molecule has 1 aliphatic carbocycles. The van der Waals surface area contributed by atoms with Crippen LogP contribution < -0.4 is 5.32 Å². The van der Waals surface area contributed by atoms with Crippen molar-refractivity contribution in [1.29, 1.82) is 0 Å². The van der Waals surface area contributed by atoms with Gasteiger partial charge in [0.25, 0.3) is 5.91 Å². The van der Waals surface area contributed by atoms with E-state index < -0.39 is 0 Å². The summed E-state index contributed by atoms with van der Waals surface area (Å²) in [5, 5.41) is 4.53. The molecule has 3 heteroatoms. The highest BCUT2D eigenvalue weighted by atomic mass is 32.1. The van der Waals surface area contributed by atoms with Gasteiger partial charge < -0.3 is 5.32 Å². The number of carbonyl (C=O) groups excluding carboxylic acids is 1. The zero-order chi connectivity index (χ0) is 14.7. The Kier molecular flexibility index (Phi) is 4.59. The van der Waals surface area contributed by atoms with E-state index in [1.807, 2.05) is 0 Å². The minimum Gasteiger partial charge on any atom is -0.349 e. The van der Waals surface area contributed by atoms with Crippen LogP contribution in [0.4, 0.5) is 0 Å². The molecule has 1 aliphatic rings. The van der Waals surface area contributed by atoms with Gasteiger partial charge in [-0.25, -0.2) is 0 Å². The monoisotopic (exact) mass is 301 g/mol. The predicted octanol–water partition coefficient (Wildman–Crippen LogP) is 4.92. The van der Waals surface area contributed by atoms with Crippen molar-refractivity contribution in [1.82, 2.24) is 5.32 Å². The maximum atomic E-state index is 12.7. The normalized spacial score (nSPS) is 16.2. The lowest BCUT2D eigenvalue weighted by molar-refractivity contribution is 0.0931. The molecule has 1 aromatic carbocycles. The third-order valence-electron chi connectivity index (χ3n) is 4.34. The zero-order valence-corrected chi connectivity index (χ0v) is 13.5. The second-order valence-corrected chi connectivity index (χ2v) is 7.02. The van der Waals surface area contributed by atoms with Crippen molar-refractivity contribution in [2.45, 2.75) is 57.9 Å². The molecule has 1 amide bonds. The fourth-order valence-electron chi connectivity index (χ4n) is 3.28. The topological polar surface area (TPSA) is 29.1 Å². The minimum absolute atomic E-state index is 0.145. The van der Waals surface area contributed by atoms with Crippen LogP contribution in [0, 0.1) is 0 Å². The summed E-state index contributed by atoms with van der Waals surface area (Å²) < 4.78 is 1.23. The van der Waals surface area contributed by atoms with E-state index in [0.29, 0.717) is 6.04 Å². The first kappa shape index (κ1) is 14.6. The molecule has 1 N–H and O–H groups in total. The van der Waals surface area contributed by atoms with Gasteiger partial charge >= 0.3 is 0 Å². The van der Waals surface area contributed by atoms with Crippen LogP contribution in [0.3, 0.4) is 0 Å². The summed E-state index contributed by atoms with van der Waals surface area (Å²) in [6, 6.07) is 8.77. The predicted molar refractivity (Wildman–Crippen MR) is 90.2 cm³/mol. The highest BCUT2D eigenvalue weighted by Crippen LogP contribution is 2.32. The van der Waals surface area contributed by atoms with Gasteiger partial charge in [0, 0.05) is 10.7 Å². The van der Waals surface area contributed by atoms with Crippen molar-refractivity contribution in [3.05, 3.63) is 34.7 Å². The third kappa shape index (κ3) is 3.13. The number of hydrogen-bond donors (Lipinski definition) is 1. The van der Waals surface area contributed by atoms with Crippen molar-refractivity contribution in [3.8, 4) is 0 Å². The average molecular weight is 301 g/mol. The summed E-state index contributed by atoms with van der Waals surface area (Å²) in [6.45, 7) is 2.18. The molecule has 0 unspecified atom stereocenters. The Morgan fingerprint density at radius 2 is 2.00 bits per heavy atom. The first-order chi connectivity index (χ1) is 10.3. The molecule has 1 heterocycles. The van der Waals surface area contributed by atoms with Crippen LogP contribution in [-0.4, -0.2) is 11.9 Å². The molecule has 2 nitrogen and oxygen atoms in total. The summed E-state index contributed by atoms with van der Waals surface area (Å²) in [7, 11) is 0. The van der Waals surface area contributed by atoms with Crippen LogP contribution in [0.1, 0.15) is 60.7 Å². The van der Waals surface area contributed by atoms with E-state index in [9.17, 15) is 4.79 Å². The van der Waals surface area contributed by atoms with Gasteiger partial charge in [0.2, 0.25) is 0 Å². The average Bonchev–Trinajstić information content (AvgIpc) is 2.88. The molecule has 21 heavy (non-hydrogen) atoms. The molecule has 1 saturated carbocycles. The van der Waals surface area contributed by atoms with Gasteiger partial charge in [0.15, 0.2) is 0 Å². The molecule has 0 saturated heterocycles. The smallest absolute Gasteiger partial charge is 0.261 e. The standard InChI is InChI=1S/C18H23NOS/c1-2-8-15-14-11-6-7-12-16(14)21-17(15)18(20)19-13-9-4-3-5-10-13/h6-7,11-13H,2-5,8-10H2,1H3,(H,19,20). The Labute approximate surface area is 130 Å². The number of fused-ring (bicyclic) bond motifs is 1. The first-order valence-corrected chi connectivity index (χ1v) is 8.92. The third-order valence-corrected chi connectivity index (χ3v) is 5.56. The van der Waals surface area contributed by atoms with Gasteiger partial charge in [-0.3, -0.25) is 4.79 Å². The van der Waals surface area contributed by atoms with E-state index in [0.717, 1.165) is 30.6 Å². The maximum absolute atomic E-state index is 12.7. The lowest BCUT2D eigenvalue weighted by atomic mass is 9.95. The van der Waals surface area contributed by atoms with E-state index >= 15 is 0 Å². The van der Waals surface area contributed by atoms with Crippen LogP contribution in [-0.2, 0) is 6.42 Å². The lowest BCUT2D eigenvalue weighted by Gasteiger charge is -2.22. The number of thiophene rings is 1. The Morgan fingerprint density at radius 3 is 2.76 bits per heavy atom. The molecule has 1 fully saturated rings. The van der Waals surface area contributed by atoms with Crippen LogP contribution >= 0.6 is 11.3 Å². The largest absolute Gasteiger partial charge is 0.349 e. The quantitative estimate of drug-likeness (QED) is 0.853. The van der Waals surface area contributed by atoms with E-state index in [1.165, 1.54) is 34.9 Å². The molecule has 0 aliphatic heterocycles. The van der Waals surface area contributed by atoms with E-state index in [-0.39, 0.29) is 5.91 Å². The highest BCUT2D eigenvalue weighted by molar-refractivity contribution is 7.21. The van der Waals surface area contributed by atoms with Crippen molar-refractivity contribution in [3.63, 3.8) is 0 Å². The van der Waals surface area contributed by atoms with Gasteiger partial charge in [0.1, 0.15) is 0 Å². The zero-order valence-electron chi connectivity index (χ0n) is 12.7. The molecule has 0 radical (unpaired) electrons. The van der Waals surface area contributed by atoms with Gasteiger partial charge in [-0.1, -0.05) is 50.8 Å². The minimum atomic E-state index is 0.145. The molecule has 0 atom stereocenters. The number of amides is 1. The Morgan fingerprint density at radius 1 is 1.24 bits per heavy atom. The van der Waals surface area contributed by atoms with Crippen molar-refractivity contribution in [2.75, 3.05) is 0 Å². The van der Waals surface area contributed by atoms with Crippen molar-refractivity contribution in [2.24, 2.45) is 0 Å². The number of nitrogens with one attached hydrogen (secondary N) is 1. The summed E-state index contributed by atoms with van der Waals surface area (Å²) in [5.41, 5.74) is 1.24. The Bertz CT molecular complexity index is 625. The molecule has 0 spiro atoms. The number of carbonyl (C=O) groups is 1. The van der Waals surface area contributed by atoms with Crippen molar-refractivity contribution >= 4 is 27.3 Å². The molecule has 112 valence electrons. The van der Waals surface area contributed by atoms with Crippen LogP contribution in [0.25, 0.3) is 10.1 Å². The fourth-order valence-corrected chi connectivity index (χ4v) is 4.43. The summed E-state index contributed by atoms with van der Waals surface area (Å²) >= 11 is 1.65. The number of aryl methyl sites for hydroxylation is 1. The van der Waals surface area contributed by atoms with Gasteiger partial charge in [-0.15, -0.1) is 11.3 Å². The highest BCUT2D eigenvalue weighted by Gasteiger charge is 2.21. The second kappa shape index (κ2) is 6.61. The van der Waals surface area contributed by atoms with Crippen LogP contribution in [0.15, 0.2) is 24.3 Å². The number of benzene rings is 1. The maximum Gasteiger partial charge on any atom is 0.261 e. The number of rotatable bonds is 4. The SMILES string of the molecule is CCCc1c(C(=O)NC2CCCCC2)sc2ccccc12. The van der Waals surface area contributed by atoms with Crippen LogP contribution in [0.2, 0.25) is 0 Å². The van der Waals surface area contributed by atoms with Gasteiger partial charge in [-0.05, 0) is 36.3 Å². The summed E-state index contributed by atoms with van der Waals surface area (Å²) in [4.78, 5) is 13.6. The Hall–Kier alpha value is -1.35. The summed E-state index contributed by atoms with van der Waals surface area (Å²) in [5.74, 6) is 0.145. The van der Waals surface area contributed by atoms with Crippen molar-refractivity contribution < 1.29 is 4.79 Å². The van der Waals surface area contributed by atoms with Gasteiger partial charge in [0.05, 0.1) is 4.88 Å². The van der Waals surface area contributed by atoms with E-state index in [4.69, 9.17) is 0 Å². The Balaban J connectivity index is 1.87. The lowest BCUT2D eigenvalue weighted by Crippen LogP contribution is -2.36. The van der Waals surface area contributed by atoms with E-state index in [1.54, 1.807) is 11.3 Å². The van der Waals surface area contributed by atoms with Crippen LogP contribution in [0.5, 0.6) is 0 Å². The molecule has 2 aromatic rings.